The van der Waals surface area contributed by atoms with Gasteiger partial charge < -0.3 is 10.1 Å². The first-order valence-corrected chi connectivity index (χ1v) is 8.67. The molecule has 0 radical (unpaired) electrons. The van der Waals surface area contributed by atoms with E-state index < -0.39 is 0 Å². The second kappa shape index (κ2) is 7.72. The number of rotatable bonds is 5. The second-order valence-electron chi connectivity index (χ2n) is 7.39. The van der Waals surface area contributed by atoms with Gasteiger partial charge in [0.05, 0.1) is 18.5 Å². The maximum atomic E-state index is 12.2. The Bertz CT molecular complexity index is 799. The molecular formula is C20H27N3O3. The van der Waals surface area contributed by atoms with E-state index in [1.54, 1.807) is 12.1 Å². The smallest absolute Gasteiger partial charge is 0.305 e. The zero-order chi connectivity index (χ0) is 19.5. The molecule has 26 heavy (non-hydrogen) atoms. The van der Waals surface area contributed by atoms with Crippen LogP contribution in [-0.4, -0.2) is 34.3 Å². The van der Waals surface area contributed by atoms with Crippen molar-refractivity contribution in [3.05, 3.63) is 46.8 Å². The normalized spacial score (nSPS) is 11.3. The van der Waals surface area contributed by atoms with Gasteiger partial charge in [-0.15, -0.1) is 0 Å². The van der Waals surface area contributed by atoms with E-state index in [2.05, 4.69) is 10.4 Å². The summed E-state index contributed by atoms with van der Waals surface area (Å²) in [6.45, 7) is 9.76. The maximum Gasteiger partial charge on any atom is 0.305 e. The fourth-order valence-electron chi connectivity index (χ4n) is 2.78. The van der Waals surface area contributed by atoms with Crippen LogP contribution < -0.4 is 5.32 Å². The van der Waals surface area contributed by atoms with Crippen LogP contribution in [0.2, 0.25) is 0 Å². The number of methoxy groups -OCH3 is 1. The largest absolute Gasteiger partial charge is 0.469 e. The first-order chi connectivity index (χ1) is 12.1. The van der Waals surface area contributed by atoms with Crippen LogP contribution in [0, 0.1) is 13.8 Å². The minimum atomic E-state index is -0.278. The van der Waals surface area contributed by atoms with Gasteiger partial charge >= 0.3 is 5.97 Å². The Balaban J connectivity index is 2.21. The minimum absolute atomic E-state index is 0.101. The van der Waals surface area contributed by atoms with Gasteiger partial charge in [-0.2, -0.15) is 5.10 Å². The number of carbonyl (C=O) groups excluding carboxylic acids is 2. The van der Waals surface area contributed by atoms with Crippen LogP contribution in [0.1, 0.15) is 54.5 Å². The number of hydrogen-bond acceptors (Lipinski definition) is 4. The van der Waals surface area contributed by atoms with Gasteiger partial charge in [-0.05, 0) is 70.9 Å². The summed E-state index contributed by atoms with van der Waals surface area (Å²) in [5, 5.41) is 7.53. The molecule has 1 amide bonds. The zero-order valence-electron chi connectivity index (χ0n) is 16.3. The molecule has 1 heterocycles. The van der Waals surface area contributed by atoms with Gasteiger partial charge in [0, 0.05) is 23.2 Å². The lowest BCUT2D eigenvalue weighted by Gasteiger charge is -2.20. The third-order valence-corrected chi connectivity index (χ3v) is 4.11. The predicted molar refractivity (Wildman–Crippen MR) is 101 cm³/mol. The molecule has 1 aromatic carbocycles. The Morgan fingerprint density at radius 2 is 1.77 bits per heavy atom. The van der Waals surface area contributed by atoms with Gasteiger partial charge in [0.15, 0.2) is 0 Å². The summed E-state index contributed by atoms with van der Waals surface area (Å²) in [4.78, 5) is 23.6. The molecule has 0 aliphatic carbocycles. The number of amides is 1. The van der Waals surface area contributed by atoms with E-state index >= 15 is 0 Å². The molecule has 140 valence electrons. The van der Waals surface area contributed by atoms with Crippen molar-refractivity contribution in [1.82, 2.24) is 15.1 Å². The average Bonchev–Trinajstić information content (AvgIpc) is 2.85. The number of nitrogens with zero attached hydrogens (tertiary/aromatic N) is 2. The van der Waals surface area contributed by atoms with E-state index in [0.29, 0.717) is 18.4 Å². The van der Waals surface area contributed by atoms with E-state index in [4.69, 9.17) is 4.74 Å². The number of aryl methyl sites for hydroxylation is 1. The highest BCUT2D eigenvalue weighted by Crippen LogP contribution is 2.20. The fourth-order valence-corrected chi connectivity index (χ4v) is 2.78. The lowest BCUT2D eigenvalue weighted by molar-refractivity contribution is -0.140. The van der Waals surface area contributed by atoms with Gasteiger partial charge in [0.1, 0.15) is 0 Å². The van der Waals surface area contributed by atoms with Crippen molar-refractivity contribution < 1.29 is 14.3 Å². The molecule has 0 saturated heterocycles. The summed E-state index contributed by atoms with van der Waals surface area (Å²) in [6.07, 6.45) is 0.923. The van der Waals surface area contributed by atoms with E-state index in [-0.39, 0.29) is 17.4 Å². The summed E-state index contributed by atoms with van der Waals surface area (Å²) in [5.41, 5.74) is 4.13. The van der Waals surface area contributed by atoms with E-state index in [1.807, 2.05) is 51.4 Å². The van der Waals surface area contributed by atoms with Crippen molar-refractivity contribution in [3.8, 4) is 5.69 Å². The van der Waals surface area contributed by atoms with Crippen molar-refractivity contribution in [2.24, 2.45) is 0 Å². The van der Waals surface area contributed by atoms with Gasteiger partial charge in [-0.1, -0.05) is 0 Å². The van der Waals surface area contributed by atoms with Crippen LogP contribution in [0.25, 0.3) is 5.69 Å². The summed E-state index contributed by atoms with van der Waals surface area (Å²) < 4.78 is 6.55. The number of aromatic nitrogens is 2. The fraction of sp³-hybridized carbons (Fsp3) is 0.450. The minimum Gasteiger partial charge on any atom is -0.469 e. The Labute approximate surface area is 154 Å². The number of benzene rings is 1. The first-order valence-electron chi connectivity index (χ1n) is 8.67. The van der Waals surface area contributed by atoms with Crippen LogP contribution in [0.5, 0.6) is 0 Å². The van der Waals surface area contributed by atoms with Crippen LogP contribution >= 0.6 is 0 Å². The molecule has 0 atom stereocenters. The number of ether oxygens (including phenoxy) is 1. The number of carbonyl (C=O) groups is 2. The first kappa shape index (κ1) is 19.7. The summed E-state index contributed by atoms with van der Waals surface area (Å²) in [6, 6.07) is 7.34. The van der Waals surface area contributed by atoms with Crippen molar-refractivity contribution in [1.29, 1.82) is 0 Å². The SMILES string of the molecule is COC(=O)CCc1c(C)nn(-c2ccc(C(=O)NC(C)(C)C)cc2)c1C. The molecule has 0 aliphatic rings. The molecule has 0 saturated carbocycles. The van der Waals surface area contributed by atoms with Gasteiger partial charge in [0.2, 0.25) is 0 Å². The predicted octanol–water partition coefficient (Wildman–Crippen LogP) is 3.12. The second-order valence-corrected chi connectivity index (χ2v) is 7.39. The monoisotopic (exact) mass is 357 g/mol. The molecule has 0 unspecified atom stereocenters. The quantitative estimate of drug-likeness (QED) is 0.835. The van der Waals surface area contributed by atoms with E-state index in [1.165, 1.54) is 7.11 Å². The van der Waals surface area contributed by atoms with Crippen LogP contribution in [-0.2, 0) is 16.0 Å². The highest BCUT2D eigenvalue weighted by molar-refractivity contribution is 5.94. The third-order valence-electron chi connectivity index (χ3n) is 4.11. The number of nitrogens with one attached hydrogen (secondary N) is 1. The summed E-state index contributed by atoms with van der Waals surface area (Å²) >= 11 is 0. The number of hydrogen-bond donors (Lipinski definition) is 1. The summed E-state index contributed by atoms with van der Waals surface area (Å²) in [5.74, 6) is -0.332. The number of esters is 1. The standard InChI is InChI=1S/C20H27N3O3/c1-13-17(11-12-18(24)26-6)14(2)23(22-13)16-9-7-15(8-10-16)19(25)21-20(3,4)5/h7-10H,11-12H2,1-6H3,(H,21,25). The van der Waals surface area contributed by atoms with Gasteiger partial charge in [-0.25, -0.2) is 4.68 Å². The van der Waals surface area contributed by atoms with Crippen LogP contribution in [0.3, 0.4) is 0 Å². The average molecular weight is 357 g/mol. The Hall–Kier alpha value is -2.63. The highest BCUT2D eigenvalue weighted by atomic mass is 16.5. The molecule has 6 heteroatoms. The summed E-state index contributed by atoms with van der Waals surface area (Å²) in [7, 11) is 1.39. The van der Waals surface area contributed by atoms with Crippen LogP contribution in [0.4, 0.5) is 0 Å². The molecule has 0 bridgehead atoms. The van der Waals surface area contributed by atoms with Crippen molar-refractivity contribution in [2.45, 2.75) is 53.0 Å². The van der Waals surface area contributed by atoms with E-state index in [0.717, 1.165) is 22.6 Å². The molecular weight excluding hydrogens is 330 g/mol. The molecule has 2 rings (SSSR count). The third kappa shape index (κ3) is 4.71. The highest BCUT2D eigenvalue weighted by Gasteiger charge is 2.17. The molecule has 1 N–H and O–H groups in total. The van der Waals surface area contributed by atoms with Crippen molar-refractivity contribution >= 4 is 11.9 Å². The molecule has 0 aliphatic heterocycles. The molecule has 1 aromatic heterocycles. The van der Waals surface area contributed by atoms with Gasteiger partial charge in [-0.3, -0.25) is 9.59 Å². The van der Waals surface area contributed by atoms with Gasteiger partial charge in [0.25, 0.3) is 5.91 Å². The molecule has 6 nitrogen and oxygen atoms in total. The molecule has 0 spiro atoms. The van der Waals surface area contributed by atoms with E-state index in [9.17, 15) is 9.59 Å². The zero-order valence-corrected chi connectivity index (χ0v) is 16.3. The molecule has 0 fully saturated rings. The van der Waals surface area contributed by atoms with Crippen molar-refractivity contribution in [3.63, 3.8) is 0 Å². The molecule has 2 aromatic rings. The lowest BCUT2D eigenvalue weighted by Crippen LogP contribution is -2.40. The Morgan fingerprint density at radius 3 is 2.31 bits per heavy atom. The van der Waals surface area contributed by atoms with Crippen molar-refractivity contribution in [2.75, 3.05) is 7.11 Å². The van der Waals surface area contributed by atoms with Crippen LogP contribution in [0.15, 0.2) is 24.3 Å². The topological polar surface area (TPSA) is 73.2 Å². The maximum absolute atomic E-state index is 12.2. The Kier molecular flexibility index (Phi) is 5.85. The lowest BCUT2D eigenvalue weighted by atomic mass is 10.1. The Morgan fingerprint density at radius 1 is 1.15 bits per heavy atom.